The lowest BCUT2D eigenvalue weighted by atomic mass is 10.3. The van der Waals surface area contributed by atoms with Crippen molar-refractivity contribution >= 4 is 46.2 Å². The molecular weight excluding hydrogens is 334 g/mol. The van der Waals surface area contributed by atoms with Crippen molar-refractivity contribution in [3.05, 3.63) is 52.0 Å². The molecule has 2 aromatic heterocycles. The largest absolute Gasteiger partial charge is 0.462 e. The summed E-state index contributed by atoms with van der Waals surface area (Å²) < 4.78 is 5.50. The summed E-state index contributed by atoms with van der Waals surface area (Å²) in [5.41, 5.74) is 0.540. The lowest BCUT2D eigenvalue weighted by Gasteiger charge is -2.12. The van der Waals surface area contributed by atoms with Gasteiger partial charge in [0.05, 0.1) is 4.91 Å². The predicted octanol–water partition coefficient (Wildman–Crippen LogP) is 4.26. The summed E-state index contributed by atoms with van der Waals surface area (Å²) in [6, 6.07) is 7.21. The molecule has 23 heavy (non-hydrogen) atoms. The number of aryl methyl sites for hydroxylation is 1. The van der Waals surface area contributed by atoms with Crippen molar-refractivity contribution in [2.45, 2.75) is 13.8 Å². The molecule has 0 spiro atoms. The van der Waals surface area contributed by atoms with E-state index in [-0.39, 0.29) is 5.91 Å². The van der Waals surface area contributed by atoms with Crippen LogP contribution in [0.15, 0.2) is 44.8 Å². The highest BCUT2D eigenvalue weighted by atomic mass is 35.5. The van der Waals surface area contributed by atoms with Crippen LogP contribution in [-0.2, 0) is 4.79 Å². The predicted molar refractivity (Wildman–Crippen MR) is 92.7 cm³/mol. The quantitative estimate of drug-likeness (QED) is 0.615. The molecule has 0 saturated carbocycles. The van der Waals surface area contributed by atoms with Crippen molar-refractivity contribution in [2.24, 2.45) is 4.99 Å². The van der Waals surface area contributed by atoms with Gasteiger partial charge < -0.3 is 4.42 Å². The molecule has 1 saturated heterocycles. The van der Waals surface area contributed by atoms with Crippen molar-refractivity contribution in [1.29, 1.82) is 0 Å². The van der Waals surface area contributed by atoms with Crippen LogP contribution in [0.2, 0.25) is 5.15 Å². The maximum Gasteiger partial charge on any atom is 0.266 e. The Balaban J connectivity index is 1.95. The van der Waals surface area contributed by atoms with E-state index in [0.717, 1.165) is 5.76 Å². The van der Waals surface area contributed by atoms with E-state index < -0.39 is 0 Å². The van der Waals surface area contributed by atoms with Crippen LogP contribution in [0.3, 0.4) is 0 Å². The molecule has 1 aliphatic heterocycles. The monoisotopic (exact) mass is 347 g/mol. The fourth-order valence-corrected chi connectivity index (χ4v) is 3.29. The number of amides is 1. The lowest BCUT2D eigenvalue weighted by molar-refractivity contribution is -0.122. The molecule has 2 aromatic rings. The van der Waals surface area contributed by atoms with E-state index in [1.165, 1.54) is 11.8 Å². The van der Waals surface area contributed by atoms with E-state index in [4.69, 9.17) is 16.0 Å². The van der Waals surface area contributed by atoms with Gasteiger partial charge in [0.1, 0.15) is 17.2 Å². The van der Waals surface area contributed by atoms with Gasteiger partial charge in [-0.15, -0.1) is 0 Å². The Morgan fingerprint density at radius 2 is 2.26 bits per heavy atom. The summed E-state index contributed by atoms with van der Waals surface area (Å²) in [7, 11) is 0. The zero-order valence-corrected chi connectivity index (χ0v) is 14.2. The Labute approximate surface area is 143 Å². The number of carbonyl (C=O) groups excluding carboxylic acids is 1. The van der Waals surface area contributed by atoms with Crippen LogP contribution in [0.4, 0.5) is 5.69 Å². The van der Waals surface area contributed by atoms with Crippen LogP contribution in [0, 0.1) is 6.92 Å². The topological polar surface area (TPSA) is 58.7 Å². The Morgan fingerprint density at radius 3 is 2.91 bits per heavy atom. The van der Waals surface area contributed by atoms with Crippen LogP contribution in [0.1, 0.15) is 18.4 Å². The van der Waals surface area contributed by atoms with Crippen molar-refractivity contribution in [1.82, 2.24) is 9.88 Å². The van der Waals surface area contributed by atoms with E-state index in [1.807, 2.05) is 26.0 Å². The van der Waals surface area contributed by atoms with E-state index in [1.54, 1.807) is 29.3 Å². The van der Waals surface area contributed by atoms with E-state index in [9.17, 15) is 4.79 Å². The zero-order valence-electron chi connectivity index (χ0n) is 12.6. The normalized spacial score (nSPS) is 18.4. The summed E-state index contributed by atoms with van der Waals surface area (Å²) in [5.74, 6) is 1.36. The van der Waals surface area contributed by atoms with Gasteiger partial charge in [0.15, 0.2) is 10.3 Å². The minimum Gasteiger partial charge on any atom is -0.462 e. The Kier molecular flexibility index (Phi) is 4.54. The summed E-state index contributed by atoms with van der Waals surface area (Å²) in [6.07, 6.45) is 3.33. The van der Waals surface area contributed by atoms with Gasteiger partial charge in [-0.3, -0.25) is 9.69 Å². The summed E-state index contributed by atoms with van der Waals surface area (Å²) in [4.78, 5) is 23.1. The number of nitrogens with zero attached hydrogens (tertiary/aromatic N) is 3. The third-order valence-electron chi connectivity index (χ3n) is 3.19. The van der Waals surface area contributed by atoms with Gasteiger partial charge in [0.25, 0.3) is 5.91 Å². The average molecular weight is 348 g/mol. The van der Waals surface area contributed by atoms with Gasteiger partial charge in [-0.2, -0.15) is 0 Å². The molecule has 0 N–H and O–H groups in total. The number of pyridine rings is 1. The van der Waals surface area contributed by atoms with Crippen molar-refractivity contribution in [2.75, 3.05) is 6.54 Å². The number of furan rings is 1. The molecule has 0 bridgehead atoms. The third-order valence-corrected chi connectivity index (χ3v) is 4.49. The number of rotatable bonds is 3. The van der Waals surface area contributed by atoms with Crippen molar-refractivity contribution in [3.8, 4) is 0 Å². The highest BCUT2D eigenvalue weighted by Crippen LogP contribution is 2.35. The Hall–Kier alpha value is -2.05. The molecule has 0 atom stereocenters. The number of aromatic nitrogens is 1. The molecule has 118 valence electrons. The lowest BCUT2D eigenvalue weighted by Crippen LogP contribution is -2.28. The maximum atomic E-state index is 12.5. The summed E-state index contributed by atoms with van der Waals surface area (Å²) in [5, 5.41) is 0.894. The van der Waals surface area contributed by atoms with Crippen molar-refractivity contribution in [3.63, 3.8) is 0 Å². The molecule has 7 heteroatoms. The van der Waals surface area contributed by atoms with E-state index >= 15 is 0 Å². The van der Waals surface area contributed by atoms with E-state index in [0.29, 0.717) is 33.2 Å². The molecule has 3 rings (SSSR count). The summed E-state index contributed by atoms with van der Waals surface area (Å²) in [6.45, 7) is 4.29. The number of amidine groups is 1. The number of aliphatic imine (C=N–C) groups is 1. The number of halogens is 1. The first-order chi connectivity index (χ1) is 11.1. The van der Waals surface area contributed by atoms with Gasteiger partial charge in [-0.1, -0.05) is 11.6 Å². The van der Waals surface area contributed by atoms with Crippen LogP contribution >= 0.6 is 23.4 Å². The first-order valence-corrected chi connectivity index (χ1v) is 8.25. The standard InChI is InChI=1S/C16H14ClN3O2S/c1-3-20-15(21)13(9-11-7-6-10(2)22-11)23-16(20)19-12-5-4-8-18-14(12)17/h4-9H,3H2,1-2H3/b13-9+,19-16?. The summed E-state index contributed by atoms with van der Waals surface area (Å²) >= 11 is 7.34. The molecule has 5 nitrogen and oxygen atoms in total. The molecule has 0 radical (unpaired) electrons. The molecule has 0 unspecified atom stereocenters. The van der Waals surface area contributed by atoms with Crippen LogP contribution in [0.5, 0.6) is 0 Å². The number of hydrogen-bond donors (Lipinski definition) is 0. The van der Waals surface area contributed by atoms with Crippen LogP contribution in [0.25, 0.3) is 6.08 Å². The minimum atomic E-state index is -0.0923. The van der Waals surface area contributed by atoms with Crippen LogP contribution < -0.4 is 0 Å². The van der Waals surface area contributed by atoms with Gasteiger partial charge >= 0.3 is 0 Å². The first kappa shape index (κ1) is 15.8. The fourth-order valence-electron chi connectivity index (χ4n) is 2.09. The fraction of sp³-hybridized carbons (Fsp3) is 0.188. The van der Waals surface area contributed by atoms with Gasteiger partial charge in [-0.25, -0.2) is 9.98 Å². The highest BCUT2D eigenvalue weighted by molar-refractivity contribution is 8.18. The second-order valence-corrected chi connectivity index (χ2v) is 6.18. The molecule has 1 fully saturated rings. The first-order valence-electron chi connectivity index (χ1n) is 7.05. The number of hydrogen-bond acceptors (Lipinski definition) is 5. The average Bonchev–Trinajstić information content (AvgIpc) is 3.06. The maximum absolute atomic E-state index is 12.5. The second kappa shape index (κ2) is 6.60. The van der Waals surface area contributed by atoms with Gasteiger partial charge in [0.2, 0.25) is 0 Å². The molecule has 3 heterocycles. The smallest absolute Gasteiger partial charge is 0.266 e. The highest BCUT2D eigenvalue weighted by Gasteiger charge is 2.32. The molecule has 0 aliphatic carbocycles. The number of likely N-dealkylation sites (N-methyl/N-ethyl adjacent to an activating group) is 1. The van der Waals surface area contributed by atoms with E-state index in [2.05, 4.69) is 9.98 Å². The zero-order chi connectivity index (χ0) is 16.4. The van der Waals surface area contributed by atoms with Crippen LogP contribution in [-0.4, -0.2) is 27.5 Å². The number of carbonyl (C=O) groups is 1. The second-order valence-electron chi connectivity index (χ2n) is 4.82. The molecule has 1 amide bonds. The number of thioether (sulfide) groups is 1. The minimum absolute atomic E-state index is 0.0923. The Morgan fingerprint density at radius 1 is 1.43 bits per heavy atom. The van der Waals surface area contributed by atoms with Gasteiger partial charge in [-0.05, 0) is 49.9 Å². The Bertz CT molecular complexity index is 813. The SMILES string of the molecule is CCN1C(=O)/C(=C\c2ccc(C)o2)SC1=Nc1cccnc1Cl. The molecule has 0 aromatic carbocycles. The molecular formula is C16H14ClN3O2S. The van der Waals surface area contributed by atoms with Crippen molar-refractivity contribution < 1.29 is 9.21 Å². The van der Waals surface area contributed by atoms with Gasteiger partial charge in [0, 0.05) is 18.8 Å². The molecule has 1 aliphatic rings. The third kappa shape index (κ3) is 3.33.